The first kappa shape index (κ1) is 33.4. The first-order valence-corrected chi connectivity index (χ1v) is 16.7. The molecule has 2 aliphatic carbocycles. The number of carboxylic acid groups (broad SMARTS) is 1. The number of carbonyl (C=O) groups excluding carboxylic acids is 2. The van der Waals surface area contributed by atoms with Crippen LogP contribution in [-0.4, -0.2) is 62.5 Å². The Morgan fingerprint density at radius 1 is 1.04 bits per heavy atom. The minimum absolute atomic E-state index is 0.00336. The Hall–Kier alpha value is -3.96. The van der Waals surface area contributed by atoms with Crippen molar-refractivity contribution in [3.05, 3.63) is 58.9 Å². The van der Waals surface area contributed by atoms with Crippen LogP contribution in [0.1, 0.15) is 78.2 Å². The molecule has 2 fully saturated rings. The van der Waals surface area contributed by atoms with Crippen LogP contribution < -0.4 is 10.6 Å². The van der Waals surface area contributed by atoms with Gasteiger partial charge in [0.1, 0.15) is 11.4 Å². The van der Waals surface area contributed by atoms with Gasteiger partial charge in [0.2, 0.25) is 5.91 Å². The number of alkyl carbamates (subject to hydrolysis) is 1. The maximum Gasteiger partial charge on any atom is 0.408 e. The molecule has 0 saturated heterocycles. The Labute approximate surface area is 274 Å². The van der Waals surface area contributed by atoms with Crippen LogP contribution in [0.25, 0.3) is 22.3 Å². The minimum Gasteiger partial charge on any atom is -0.465 e. The number of hydrogen-bond donors (Lipinski definition) is 4. The Morgan fingerprint density at radius 2 is 1.72 bits per heavy atom. The second kappa shape index (κ2) is 13.0. The van der Waals surface area contributed by atoms with Gasteiger partial charge in [-0.05, 0) is 104 Å². The normalized spacial score (nSPS) is 24.4. The Kier molecular flexibility index (Phi) is 9.47. The lowest BCUT2D eigenvalue weighted by Gasteiger charge is -2.52. The van der Waals surface area contributed by atoms with Crippen LogP contribution in [0.2, 0.25) is 0 Å². The molecular formula is C35H44N4O6S. The molecule has 1 aromatic carbocycles. The molecule has 2 aromatic heterocycles. The van der Waals surface area contributed by atoms with Gasteiger partial charge < -0.3 is 30.5 Å². The average molecular weight is 649 g/mol. The second-order valence-corrected chi connectivity index (χ2v) is 14.9. The molecular weight excluding hydrogens is 604 g/mol. The van der Waals surface area contributed by atoms with Gasteiger partial charge in [-0.1, -0.05) is 24.3 Å². The maximum atomic E-state index is 13.0. The van der Waals surface area contributed by atoms with E-state index in [2.05, 4.69) is 21.0 Å². The van der Waals surface area contributed by atoms with Crippen molar-refractivity contribution in [1.82, 2.24) is 15.2 Å². The molecule has 0 bridgehead atoms. The molecule has 0 atom stereocenters. The van der Waals surface area contributed by atoms with E-state index in [9.17, 15) is 24.6 Å². The van der Waals surface area contributed by atoms with Gasteiger partial charge in [-0.2, -0.15) is 11.3 Å². The summed E-state index contributed by atoms with van der Waals surface area (Å²) in [5, 5.41) is 29.9. The highest BCUT2D eigenvalue weighted by atomic mass is 32.1. The van der Waals surface area contributed by atoms with Gasteiger partial charge in [0, 0.05) is 44.1 Å². The van der Waals surface area contributed by atoms with Crippen molar-refractivity contribution in [2.45, 2.75) is 95.4 Å². The predicted molar refractivity (Wildman–Crippen MR) is 179 cm³/mol. The summed E-state index contributed by atoms with van der Waals surface area (Å²) in [6.45, 7) is 7.21. The summed E-state index contributed by atoms with van der Waals surface area (Å²) in [7, 11) is 1.61. The summed E-state index contributed by atoms with van der Waals surface area (Å²) in [5.41, 5.74) is 2.39. The number of ether oxygens (including phenoxy) is 1. The number of thiophene rings is 1. The smallest absolute Gasteiger partial charge is 0.408 e. The van der Waals surface area contributed by atoms with Crippen LogP contribution in [0.4, 0.5) is 15.4 Å². The molecule has 0 spiro atoms. The van der Waals surface area contributed by atoms with E-state index in [1.165, 1.54) is 4.90 Å². The summed E-state index contributed by atoms with van der Waals surface area (Å²) < 4.78 is 5.52. The number of nitrogens with one attached hydrogen (secondary N) is 2. The lowest BCUT2D eigenvalue weighted by atomic mass is 9.62. The summed E-state index contributed by atoms with van der Waals surface area (Å²) in [6, 6.07) is 11.9. The van der Waals surface area contributed by atoms with Gasteiger partial charge in [-0.3, -0.25) is 4.79 Å². The fourth-order valence-corrected chi connectivity index (χ4v) is 7.50. The zero-order valence-electron chi connectivity index (χ0n) is 27.1. The molecule has 0 unspecified atom stereocenters. The van der Waals surface area contributed by atoms with Crippen LogP contribution in [0, 0.1) is 5.92 Å². The summed E-state index contributed by atoms with van der Waals surface area (Å²) in [4.78, 5) is 43.0. The number of pyridine rings is 1. The maximum absolute atomic E-state index is 13.0. The number of aliphatic hydroxyl groups is 1. The second-order valence-electron chi connectivity index (χ2n) is 14.1. The highest BCUT2D eigenvalue weighted by Gasteiger charge is 2.53. The third kappa shape index (κ3) is 7.87. The summed E-state index contributed by atoms with van der Waals surface area (Å²) in [6.07, 6.45) is 4.58. The number of benzene rings is 1. The van der Waals surface area contributed by atoms with Gasteiger partial charge in [-0.15, -0.1) is 0 Å². The molecule has 0 aliphatic heterocycles. The number of amides is 3. The number of aromatic nitrogens is 1. The van der Waals surface area contributed by atoms with E-state index in [1.54, 1.807) is 31.5 Å². The molecule has 2 heterocycles. The standard InChI is InChI=1S/C35H44N4O6S/c1-33(2,3)45-31(41)38-35(20-34(4,44)21-35)25-10-8-23(9-11-25)28-18-36-29(17-27(28)24-14-15-46-19-24)37-30(40)16-22-6-12-26(13-7-22)39(5)32(42)43/h8-11,14-15,17-19,22,26,44H,6-7,12-13,16,20-21H2,1-5H3,(H,38,41)(H,42,43)(H,36,37,40). The van der Waals surface area contributed by atoms with Crippen molar-refractivity contribution in [3.63, 3.8) is 0 Å². The monoisotopic (exact) mass is 648 g/mol. The number of hydrogen-bond acceptors (Lipinski definition) is 7. The van der Waals surface area contributed by atoms with Crippen LogP contribution in [0.15, 0.2) is 53.4 Å². The van der Waals surface area contributed by atoms with E-state index in [4.69, 9.17) is 4.74 Å². The van der Waals surface area contributed by atoms with Crippen LogP contribution in [-0.2, 0) is 15.1 Å². The molecule has 46 heavy (non-hydrogen) atoms. The van der Waals surface area contributed by atoms with Gasteiger partial charge in [-0.25, -0.2) is 14.6 Å². The summed E-state index contributed by atoms with van der Waals surface area (Å²) >= 11 is 1.59. The highest BCUT2D eigenvalue weighted by Crippen LogP contribution is 2.49. The molecule has 2 saturated carbocycles. The van der Waals surface area contributed by atoms with Crippen molar-refractivity contribution >= 4 is 35.2 Å². The van der Waals surface area contributed by atoms with Crippen LogP contribution >= 0.6 is 11.3 Å². The third-order valence-corrected chi connectivity index (χ3v) is 9.68. The molecule has 246 valence electrons. The van der Waals surface area contributed by atoms with Gasteiger partial charge in [0.05, 0.1) is 11.1 Å². The zero-order valence-corrected chi connectivity index (χ0v) is 27.9. The Balaban J connectivity index is 1.31. The number of anilines is 1. The Bertz CT molecular complexity index is 1550. The quantitative estimate of drug-likeness (QED) is 0.202. The van der Waals surface area contributed by atoms with E-state index in [0.717, 1.165) is 53.5 Å². The van der Waals surface area contributed by atoms with Crippen LogP contribution in [0.5, 0.6) is 0 Å². The SMILES string of the molecule is CN(C(=O)O)C1CCC(CC(=O)Nc2cc(-c3ccsc3)c(-c3ccc(C4(NC(=O)OC(C)(C)C)CC(C)(O)C4)cc3)cn2)CC1. The predicted octanol–water partition coefficient (Wildman–Crippen LogP) is 7.24. The van der Waals surface area contributed by atoms with Crippen molar-refractivity contribution in [3.8, 4) is 22.3 Å². The van der Waals surface area contributed by atoms with E-state index < -0.39 is 28.9 Å². The lowest BCUT2D eigenvalue weighted by molar-refractivity contribution is -0.117. The average Bonchev–Trinajstić information content (AvgIpc) is 3.50. The molecule has 11 heteroatoms. The molecule has 5 rings (SSSR count). The van der Waals surface area contributed by atoms with Crippen LogP contribution in [0.3, 0.4) is 0 Å². The van der Waals surface area contributed by atoms with E-state index in [0.29, 0.717) is 25.1 Å². The van der Waals surface area contributed by atoms with Crippen molar-refractivity contribution in [1.29, 1.82) is 0 Å². The van der Waals surface area contributed by atoms with E-state index in [-0.39, 0.29) is 17.9 Å². The molecule has 4 N–H and O–H groups in total. The molecule has 2 aliphatic rings. The largest absolute Gasteiger partial charge is 0.465 e. The van der Waals surface area contributed by atoms with Crippen molar-refractivity contribution < 1.29 is 29.3 Å². The zero-order chi connectivity index (χ0) is 33.3. The molecule has 0 radical (unpaired) electrons. The van der Waals surface area contributed by atoms with E-state index in [1.807, 2.05) is 62.5 Å². The molecule has 3 amide bonds. The fraction of sp³-hybridized carbons (Fsp3) is 0.486. The third-order valence-electron chi connectivity index (χ3n) is 9.00. The first-order valence-electron chi connectivity index (χ1n) is 15.8. The highest BCUT2D eigenvalue weighted by molar-refractivity contribution is 7.08. The fourth-order valence-electron chi connectivity index (χ4n) is 6.84. The number of carbonyl (C=O) groups is 3. The Morgan fingerprint density at radius 3 is 2.28 bits per heavy atom. The molecule has 3 aromatic rings. The van der Waals surface area contributed by atoms with Gasteiger partial charge in [0.15, 0.2) is 0 Å². The van der Waals surface area contributed by atoms with Gasteiger partial charge >= 0.3 is 12.2 Å². The van der Waals surface area contributed by atoms with Crippen molar-refractivity contribution in [2.24, 2.45) is 5.92 Å². The lowest BCUT2D eigenvalue weighted by Crippen LogP contribution is -2.62. The molecule has 10 nitrogen and oxygen atoms in total. The van der Waals surface area contributed by atoms with E-state index >= 15 is 0 Å². The number of rotatable bonds is 8. The minimum atomic E-state index is -0.917. The number of nitrogens with zero attached hydrogens (tertiary/aromatic N) is 2. The van der Waals surface area contributed by atoms with Gasteiger partial charge in [0.25, 0.3) is 0 Å². The van der Waals surface area contributed by atoms with Crippen molar-refractivity contribution in [2.75, 3.05) is 12.4 Å². The summed E-state index contributed by atoms with van der Waals surface area (Å²) in [5.74, 6) is 0.582. The first-order chi connectivity index (χ1) is 21.6. The topological polar surface area (TPSA) is 141 Å².